The Morgan fingerprint density at radius 3 is 2.43 bits per heavy atom. The van der Waals surface area contributed by atoms with Gasteiger partial charge >= 0.3 is 0 Å². The van der Waals surface area contributed by atoms with E-state index >= 15 is 0 Å². The van der Waals surface area contributed by atoms with Gasteiger partial charge in [-0.3, -0.25) is 19.2 Å². The van der Waals surface area contributed by atoms with Crippen molar-refractivity contribution in [3.63, 3.8) is 0 Å². The van der Waals surface area contributed by atoms with E-state index in [1.54, 1.807) is 6.07 Å². The zero-order chi connectivity index (χ0) is 29.1. The molecule has 1 N–H and O–H groups in total. The second kappa shape index (κ2) is 9.98. The van der Waals surface area contributed by atoms with E-state index in [0.29, 0.717) is 35.7 Å². The Balaban J connectivity index is 1.23. The van der Waals surface area contributed by atoms with E-state index in [4.69, 9.17) is 14.2 Å². The van der Waals surface area contributed by atoms with E-state index in [9.17, 15) is 24.3 Å². The van der Waals surface area contributed by atoms with Crippen molar-refractivity contribution in [2.24, 2.45) is 23.7 Å². The summed E-state index contributed by atoms with van der Waals surface area (Å²) in [4.78, 5) is 54.2. The molecule has 4 unspecified atom stereocenters. The first-order valence-electron chi connectivity index (χ1n) is 14.1. The topological polar surface area (TPSA) is 116 Å². The van der Waals surface area contributed by atoms with Gasteiger partial charge in [-0.15, -0.1) is 0 Å². The van der Waals surface area contributed by atoms with Gasteiger partial charge in [-0.2, -0.15) is 0 Å². The van der Waals surface area contributed by atoms with E-state index in [2.05, 4.69) is 0 Å². The third-order valence-electron chi connectivity index (χ3n) is 8.99. The molecule has 1 aliphatic heterocycles. The average molecular weight is 565 g/mol. The largest absolute Gasteiger partial charge is 0.507 e. The van der Waals surface area contributed by atoms with Gasteiger partial charge in [0.1, 0.15) is 18.1 Å². The quantitative estimate of drug-likeness (QED) is 0.340. The van der Waals surface area contributed by atoms with E-state index in [-0.39, 0.29) is 48.5 Å². The summed E-state index contributed by atoms with van der Waals surface area (Å²) in [5, 5.41) is 10.8. The van der Waals surface area contributed by atoms with Crippen molar-refractivity contribution < 1.29 is 38.5 Å². The lowest BCUT2D eigenvalue weighted by molar-refractivity contribution is -0.141. The third kappa shape index (κ3) is 4.12. The molecule has 0 aromatic heterocycles. The number of fused-ring (bicyclic) bond motifs is 4. The number of phenolic OH excluding ortho intramolecular Hbond substituents is 1. The molecule has 1 fully saturated rings. The number of ether oxygens (including phenoxy) is 3. The Kier molecular flexibility index (Phi) is 6.22. The minimum absolute atomic E-state index is 0.0874. The van der Waals surface area contributed by atoms with Crippen LogP contribution in [-0.2, 0) is 32.1 Å². The van der Waals surface area contributed by atoms with Crippen LogP contribution in [0.2, 0.25) is 0 Å². The number of carbonyl (C=O) groups excluding carboxylic acids is 4. The fraction of sp³-hybridized carbons (Fsp3) is 0.294. The third-order valence-corrected chi connectivity index (χ3v) is 8.99. The summed E-state index contributed by atoms with van der Waals surface area (Å²) in [5.74, 6) is -3.49. The molecule has 0 radical (unpaired) electrons. The average Bonchev–Trinajstić information content (AvgIpc) is 3.44. The maximum atomic E-state index is 13.9. The van der Waals surface area contributed by atoms with Crippen molar-refractivity contribution in [2.45, 2.75) is 32.8 Å². The zero-order valence-electron chi connectivity index (χ0n) is 22.9. The maximum Gasteiger partial charge on any atom is 0.231 e. The van der Waals surface area contributed by atoms with Crippen molar-refractivity contribution in [1.82, 2.24) is 0 Å². The Labute approximate surface area is 241 Å². The first-order chi connectivity index (χ1) is 20.3. The second-order valence-corrected chi connectivity index (χ2v) is 11.4. The molecule has 3 aromatic rings. The molecule has 0 spiro atoms. The molecule has 212 valence electrons. The fourth-order valence-electron chi connectivity index (χ4n) is 7.16. The molecule has 0 bridgehead atoms. The highest BCUT2D eigenvalue weighted by Gasteiger charge is 2.55. The fourth-order valence-corrected chi connectivity index (χ4v) is 7.16. The Morgan fingerprint density at radius 1 is 0.905 bits per heavy atom. The molecule has 0 saturated heterocycles. The number of benzene rings is 3. The molecule has 8 heteroatoms. The van der Waals surface area contributed by atoms with Crippen molar-refractivity contribution in [2.75, 3.05) is 6.79 Å². The number of hydrogen-bond acceptors (Lipinski definition) is 8. The molecule has 7 rings (SSSR count). The van der Waals surface area contributed by atoms with Gasteiger partial charge in [0, 0.05) is 6.42 Å². The minimum atomic E-state index is -1.08. The van der Waals surface area contributed by atoms with Gasteiger partial charge in [0.15, 0.2) is 34.6 Å². The molecule has 4 aliphatic rings. The standard InChI is InChI=1S/C34H28O8/c1-17(35)28-27(40-15-18-5-3-2-4-6-18)14-21-11-20-12-23-22(19-7-10-25-26(13-19)42-16-41-25)8-9-24(36)31(23)34(39)29(20)33(38)30(21)32(28)37/h2-10,13,20-21,29-30,36H,11-12,14-16H2,1H3. The molecule has 42 heavy (non-hydrogen) atoms. The van der Waals surface area contributed by atoms with Crippen molar-refractivity contribution in [3.05, 3.63) is 88.7 Å². The lowest BCUT2D eigenvalue weighted by Gasteiger charge is -2.44. The van der Waals surface area contributed by atoms with Crippen LogP contribution in [0.4, 0.5) is 0 Å². The number of phenols is 1. The summed E-state index contributed by atoms with van der Waals surface area (Å²) in [6.07, 6.45) is 1.09. The monoisotopic (exact) mass is 564 g/mol. The molecule has 3 aliphatic carbocycles. The molecule has 1 heterocycles. The summed E-state index contributed by atoms with van der Waals surface area (Å²) in [6.45, 7) is 1.63. The van der Waals surface area contributed by atoms with Crippen LogP contribution in [0, 0.1) is 23.7 Å². The summed E-state index contributed by atoms with van der Waals surface area (Å²) in [6, 6.07) is 18.2. The normalized spacial score (nSPS) is 24.2. The highest BCUT2D eigenvalue weighted by molar-refractivity contribution is 6.28. The summed E-state index contributed by atoms with van der Waals surface area (Å²) in [7, 11) is 0. The van der Waals surface area contributed by atoms with Crippen LogP contribution in [0.15, 0.2) is 72.0 Å². The first-order valence-corrected chi connectivity index (χ1v) is 14.1. The van der Waals surface area contributed by atoms with Crippen LogP contribution in [0.5, 0.6) is 17.2 Å². The van der Waals surface area contributed by atoms with Gasteiger partial charge in [-0.25, -0.2) is 0 Å². The lowest BCUT2D eigenvalue weighted by atomic mass is 9.57. The number of Topliss-reactive ketones (excluding diaryl/α,β-unsaturated/α-hetero) is 4. The van der Waals surface area contributed by atoms with Gasteiger partial charge < -0.3 is 19.3 Å². The summed E-state index contributed by atoms with van der Waals surface area (Å²) < 4.78 is 17.0. The molecule has 4 atom stereocenters. The number of rotatable bonds is 5. The van der Waals surface area contributed by atoms with Gasteiger partial charge in [0.05, 0.1) is 23.0 Å². The SMILES string of the molecule is CC(=O)C1=C(OCc2ccccc2)CC2CC3Cc4c(-c5ccc6c(c5)OCO6)ccc(O)c4C(=O)C3C(=O)C2C1=O. The van der Waals surface area contributed by atoms with Crippen LogP contribution in [0.25, 0.3) is 11.1 Å². The smallest absolute Gasteiger partial charge is 0.231 e. The van der Waals surface area contributed by atoms with Crippen LogP contribution in [0.3, 0.4) is 0 Å². The van der Waals surface area contributed by atoms with E-state index in [1.807, 2.05) is 48.5 Å². The summed E-state index contributed by atoms with van der Waals surface area (Å²) in [5.41, 5.74) is 3.18. The van der Waals surface area contributed by atoms with Crippen molar-refractivity contribution in [3.8, 4) is 28.4 Å². The highest BCUT2D eigenvalue weighted by atomic mass is 16.7. The number of ketones is 4. The van der Waals surface area contributed by atoms with Crippen molar-refractivity contribution >= 4 is 23.1 Å². The van der Waals surface area contributed by atoms with Crippen LogP contribution in [0.1, 0.15) is 41.3 Å². The molecular weight excluding hydrogens is 536 g/mol. The number of allylic oxidation sites excluding steroid dienone is 2. The highest BCUT2D eigenvalue weighted by Crippen LogP contribution is 2.51. The van der Waals surface area contributed by atoms with E-state index < -0.39 is 35.0 Å². The molecular formula is C34H28O8. The van der Waals surface area contributed by atoms with Crippen LogP contribution in [-0.4, -0.2) is 35.0 Å². The molecule has 3 aromatic carbocycles. The van der Waals surface area contributed by atoms with E-state index in [1.165, 1.54) is 13.0 Å². The second-order valence-electron chi connectivity index (χ2n) is 11.4. The maximum absolute atomic E-state index is 13.9. The molecule has 0 amide bonds. The molecule has 8 nitrogen and oxygen atoms in total. The number of aromatic hydroxyl groups is 1. The first kappa shape index (κ1) is 26.2. The predicted molar refractivity (Wildman–Crippen MR) is 150 cm³/mol. The van der Waals surface area contributed by atoms with E-state index in [0.717, 1.165) is 16.7 Å². The predicted octanol–water partition coefficient (Wildman–Crippen LogP) is 5.00. The lowest BCUT2D eigenvalue weighted by Crippen LogP contribution is -2.52. The van der Waals surface area contributed by atoms with Gasteiger partial charge in [0.25, 0.3) is 0 Å². The van der Waals surface area contributed by atoms with Gasteiger partial charge in [-0.1, -0.05) is 42.5 Å². The number of hydrogen-bond donors (Lipinski definition) is 1. The zero-order valence-corrected chi connectivity index (χ0v) is 22.9. The minimum Gasteiger partial charge on any atom is -0.507 e. The van der Waals surface area contributed by atoms with Gasteiger partial charge in [0.2, 0.25) is 6.79 Å². The summed E-state index contributed by atoms with van der Waals surface area (Å²) >= 11 is 0. The Hall–Kier alpha value is -4.72. The Bertz CT molecular complexity index is 1700. The Morgan fingerprint density at radius 2 is 1.64 bits per heavy atom. The number of carbonyl (C=O) groups is 4. The molecule has 1 saturated carbocycles. The van der Waals surface area contributed by atoms with Crippen LogP contribution >= 0.6 is 0 Å². The van der Waals surface area contributed by atoms with Crippen LogP contribution < -0.4 is 9.47 Å². The van der Waals surface area contributed by atoms with Crippen molar-refractivity contribution in [1.29, 1.82) is 0 Å². The van der Waals surface area contributed by atoms with Gasteiger partial charge in [-0.05, 0) is 72.1 Å².